The molecule has 0 aromatic heterocycles. The third-order valence-electron chi connectivity index (χ3n) is 3.65. The van der Waals surface area contributed by atoms with Gasteiger partial charge in [-0.25, -0.2) is 0 Å². The molecule has 0 aliphatic rings. The third kappa shape index (κ3) is 6.31. The minimum atomic E-state index is -0.506. The topological polar surface area (TPSA) is 52.6 Å². The van der Waals surface area contributed by atoms with Crippen LogP contribution in [0.15, 0.2) is 18.2 Å². The van der Waals surface area contributed by atoms with Gasteiger partial charge in [0.25, 0.3) is 0 Å². The highest BCUT2D eigenvalue weighted by Gasteiger charge is 2.24. The van der Waals surface area contributed by atoms with Crippen molar-refractivity contribution in [3.63, 3.8) is 0 Å². The van der Waals surface area contributed by atoms with Gasteiger partial charge >= 0.3 is 0 Å². The molecule has 1 aromatic rings. The maximum Gasteiger partial charge on any atom is 0.170 e. The molecule has 1 rings (SSSR count). The Bertz CT molecular complexity index is 550. The van der Waals surface area contributed by atoms with E-state index in [1.165, 1.54) is 15.8 Å². The fourth-order valence-electron chi connectivity index (χ4n) is 2.01. The zero-order chi connectivity index (χ0) is 17.5. The first-order valence-electron chi connectivity index (χ1n) is 8.17. The molecule has 0 radical (unpaired) electrons. The summed E-state index contributed by atoms with van der Waals surface area (Å²) in [6, 6.07) is 6.44. The minimum absolute atomic E-state index is 0.0610. The van der Waals surface area contributed by atoms with E-state index in [2.05, 4.69) is 0 Å². The van der Waals surface area contributed by atoms with E-state index in [1.807, 2.05) is 20.8 Å². The summed E-state index contributed by atoms with van der Waals surface area (Å²) >= 11 is 0. The van der Waals surface area contributed by atoms with Crippen molar-refractivity contribution in [2.24, 2.45) is 5.41 Å². The molecule has 0 aliphatic heterocycles. The van der Waals surface area contributed by atoms with E-state index in [1.54, 1.807) is 25.3 Å². The molecule has 0 spiro atoms. The van der Waals surface area contributed by atoms with Gasteiger partial charge in [0.15, 0.2) is 17.3 Å². The normalized spacial score (nSPS) is 11.8. The molecule has 6 heteroatoms. The second-order valence-corrected chi connectivity index (χ2v) is 11.4. The first kappa shape index (κ1) is 19.6. The molecule has 0 saturated heterocycles. The number of ether oxygens (including phenoxy) is 2. The molecule has 0 N–H and O–H groups in total. The molecule has 0 fully saturated rings. The van der Waals surface area contributed by atoms with Crippen LogP contribution in [0.5, 0.6) is 11.5 Å². The largest absolute Gasteiger partial charge is 0.493 e. The predicted octanol–water partition coefficient (Wildman–Crippen LogP) is 1.52. The van der Waals surface area contributed by atoms with E-state index in [-0.39, 0.29) is 27.0 Å². The van der Waals surface area contributed by atoms with E-state index in [4.69, 9.17) is 9.47 Å². The monoisotopic (exact) mass is 352 g/mol. The lowest BCUT2D eigenvalue weighted by molar-refractivity contribution is -0.125. The minimum Gasteiger partial charge on any atom is -0.493 e. The summed E-state index contributed by atoms with van der Waals surface area (Å²) in [7, 11) is 3.13. The Balaban J connectivity index is 2.78. The maximum absolute atomic E-state index is 12.3. The van der Waals surface area contributed by atoms with E-state index in [9.17, 15) is 9.59 Å². The Hall–Kier alpha value is -1.41. The van der Waals surface area contributed by atoms with Gasteiger partial charge in [-0.1, -0.05) is 26.8 Å². The molecule has 0 aliphatic carbocycles. The Labute approximate surface area is 144 Å². The molecule has 23 heavy (non-hydrogen) atoms. The number of Topliss-reactive ketones (excluding diaryl/α,β-unsaturated/α-hetero) is 2. The summed E-state index contributed by atoms with van der Waals surface area (Å²) in [4.78, 5) is 24.3. The van der Waals surface area contributed by atoms with Gasteiger partial charge in [-0.05, 0) is 34.4 Å². The van der Waals surface area contributed by atoms with Crippen LogP contribution in [-0.2, 0) is 4.79 Å². The van der Waals surface area contributed by atoms with Crippen molar-refractivity contribution in [3.8, 4) is 11.5 Å². The van der Waals surface area contributed by atoms with Gasteiger partial charge in [0, 0.05) is 20.0 Å². The lowest BCUT2D eigenvalue weighted by atomic mass is 9.87. The van der Waals surface area contributed by atoms with Crippen LogP contribution in [0.3, 0.4) is 0 Å². The molecular weight excluding hydrogens is 324 g/mol. The molecule has 0 atom stereocenters. The van der Waals surface area contributed by atoms with Gasteiger partial charge in [0.05, 0.1) is 20.1 Å². The lowest BCUT2D eigenvalue weighted by Gasteiger charge is -2.16. The summed E-state index contributed by atoms with van der Waals surface area (Å²) in [5.74, 6) is 0.953. The second kappa shape index (κ2) is 9.03. The Kier molecular flexibility index (Phi) is 7.71. The van der Waals surface area contributed by atoms with Crippen LogP contribution in [0.4, 0.5) is 0 Å². The Morgan fingerprint density at radius 3 is 2.48 bits per heavy atom. The summed E-state index contributed by atoms with van der Waals surface area (Å²) in [5, 5.41) is 0. The van der Waals surface area contributed by atoms with Crippen LogP contribution in [-0.4, -0.2) is 44.1 Å². The molecule has 0 heterocycles. The van der Waals surface area contributed by atoms with Crippen molar-refractivity contribution in [2.45, 2.75) is 39.7 Å². The summed E-state index contributed by atoms with van der Waals surface area (Å²) in [6.45, 7) is 6.15. The van der Waals surface area contributed by atoms with Crippen LogP contribution in [0.2, 0.25) is 6.04 Å². The van der Waals surface area contributed by atoms with Crippen molar-refractivity contribution in [2.75, 3.05) is 13.7 Å². The molecule has 4 nitrogen and oxygen atoms in total. The van der Waals surface area contributed by atoms with Crippen molar-refractivity contribution in [3.05, 3.63) is 23.8 Å². The van der Waals surface area contributed by atoms with Crippen LogP contribution >= 0.6 is 0 Å². The highest BCUT2D eigenvalue weighted by Crippen LogP contribution is 2.29. The zero-order valence-electron chi connectivity index (χ0n) is 14.9. The van der Waals surface area contributed by atoms with E-state index in [0.717, 1.165) is 6.42 Å². The van der Waals surface area contributed by atoms with Crippen LogP contribution in [0.1, 0.15) is 44.0 Å². The standard InChI is InChI=1S/C17H28O4Si2/c1-17(2,3)16(19)11-13(18)12-6-7-14(15(10-12)20-4)21-8-5-9-23-22/h6-7,10H,5,8-9,11,23H2,1-4,22H3. The van der Waals surface area contributed by atoms with Crippen molar-refractivity contribution < 1.29 is 19.1 Å². The van der Waals surface area contributed by atoms with Gasteiger partial charge in [-0.3, -0.25) is 9.59 Å². The number of benzene rings is 1. The molecule has 0 amide bonds. The fraction of sp³-hybridized carbons (Fsp3) is 0.529. The summed E-state index contributed by atoms with van der Waals surface area (Å²) in [5.41, 5.74) is -0.0207. The van der Waals surface area contributed by atoms with Crippen molar-refractivity contribution in [1.29, 1.82) is 0 Å². The van der Waals surface area contributed by atoms with E-state index < -0.39 is 5.41 Å². The SMILES string of the molecule is COc1cc(C(=O)CC(=O)C(C)(C)C)ccc1OCCC[SiH2][SiH3]. The number of carbonyl (C=O) groups is 2. The third-order valence-corrected chi connectivity index (χ3v) is 6.98. The van der Waals surface area contributed by atoms with Crippen LogP contribution in [0.25, 0.3) is 0 Å². The summed E-state index contributed by atoms with van der Waals surface area (Å²) < 4.78 is 11.1. The zero-order valence-corrected chi connectivity index (χ0v) is 18.3. The van der Waals surface area contributed by atoms with E-state index >= 15 is 0 Å². The fourth-order valence-corrected chi connectivity index (χ4v) is 4.21. The lowest BCUT2D eigenvalue weighted by Crippen LogP contribution is -2.23. The summed E-state index contributed by atoms with van der Waals surface area (Å²) in [6.07, 6.45) is 0.998. The molecule has 128 valence electrons. The maximum atomic E-state index is 12.3. The number of rotatable bonds is 9. The average molecular weight is 353 g/mol. The second-order valence-electron chi connectivity index (χ2n) is 6.69. The molecule has 1 aromatic carbocycles. The first-order valence-corrected chi connectivity index (χ1v) is 14.8. The van der Waals surface area contributed by atoms with Gasteiger partial charge in [0.1, 0.15) is 5.78 Å². The average Bonchev–Trinajstić information content (AvgIpc) is 2.50. The Morgan fingerprint density at radius 2 is 1.91 bits per heavy atom. The smallest absolute Gasteiger partial charge is 0.170 e. The van der Waals surface area contributed by atoms with Crippen molar-refractivity contribution >= 4 is 30.4 Å². The molecule has 0 unspecified atom stereocenters. The quantitative estimate of drug-likeness (QED) is 0.293. The number of methoxy groups -OCH3 is 1. The van der Waals surface area contributed by atoms with Gasteiger partial charge in [-0.2, -0.15) is 0 Å². The highest BCUT2D eigenvalue weighted by atomic mass is 29.1. The predicted molar refractivity (Wildman–Crippen MR) is 99.8 cm³/mol. The molecule has 0 saturated carbocycles. The number of ketones is 2. The van der Waals surface area contributed by atoms with Gasteiger partial charge < -0.3 is 9.47 Å². The van der Waals surface area contributed by atoms with Crippen molar-refractivity contribution in [1.82, 2.24) is 0 Å². The van der Waals surface area contributed by atoms with Gasteiger partial charge in [0.2, 0.25) is 0 Å². The first-order chi connectivity index (χ1) is 10.8. The van der Waals surface area contributed by atoms with E-state index in [0.29, 0.717) is 23.7 Å². The number of hydrogen-bond donors (Lipinski definition) is 0. The number of carbonyl (C=O) groups excluding carboxylic acids is 2. The van der Waals surface area contributed by atoms with Crippen LogP contribution < -0.4 is 9.47 Å². The van der Waals surface area contributed by atoms with Gasteiger partial charge in [-0.15, -0.1) is 0 Å². The molecule has 0 bridgehead atoms. The number of hydrogen-bond acceptors (Lipinski definition) is 4. The highest BCUT2D eigenvalue weighted by molar-refractivity contribution is 6.89. The molecular formula is C17H28O4Si2. The Morgan fingerprint density at radius 1 is 1.22 bits per heavy atom. The van der Waals surface area contributed by atoms with Crippen LogP contribution in [0, 0.1) is 5.41 Å².